The Morgan fingerprint density at radius 3 is 2.62 bits per heavy atom. The van der Waals surface area contributed by atoms with Gasteiger partial charge in [-0.2, -0.15) is 15.0 Å². The summed E-state index contributed by atoms with van der Waals surface area (Å²) in [6.45, 7) is 2.20. The Balaban J connectivity index is 1.32. The predicted molar refractivity (Wildman–Crippen MR) is 101 cm³/mol. The van der Waals surface area contributed by atoms with E-state index in [1.165, 1.54) is 25.7 Å². The Morgan fingerprint density at radius 2 is 1.85 bits per heavy atom. The van der Waals surface area contributed by atoms with Crippen molar-refractivity contribution in [1.29, 1.82) is 0 Å². The van der Waals surface area contributed by atoms with E-state index in [1.807, 2.05) is 36.5 Å². The summed E-state index contributed by atoms with van der Waals surface area (Å²) in [6.07, 6.45) is 6.80. The van der Waals surface area contributed by atoms with E-state index in [2.05, 4.69) is 29.9 Å². The van der Waals surface area contributed by atoms with Crippen molar-refractivity contribution in [2.75, 3.05) is 18.0 Å². The van der Waals surface area contributed by atoms with Gasteiger partial charge in [-0.1, -0.05) is 30.0 Å². The molecule has 2 aromatic heterocycles. The second kappa shape index (κ2) is 6.75. The largest absolute Gasteiger partial charge is 0.341 e. The molecule has 0 N–H and O–H groups in total. The molecule has 1 aliphatic carbocycles. The molecule has 7 nitrogen and oxygen atoms in total. The number of hydrogen-bond acceptors (Lipinski definition) is 6. The van der Waals surface area contributed by atoms with Gasteiger partial charge in [0.2, 0.25) is 5.95 Å². The summed E-state index contributed by atoms with van der Waals surface area (Å²) >= 11 is 1.70. The molecule has 1 saturated heterocycles. The van der Waals surface area contributed by atoms with E-state index >= 15 is 0 Å². The van der Waals surface area contributed by atoms with Gasteiger partial charge in [0.1, 0.15) is 0 Å². The predicted octanol–water partition coefficient (Wildman–Crippen LogP) is 3.09. The lowest BCUT2D eigenvalue weighted by Crippen LogP contribution is -2.22. The lowest BCUT2D eigenvalue weighted by Gasteiger charge is -2.17. The van der Waals surface area contributed by atoms with E-state index in [0.29, 0.717) is 6.04 Å². The van der Waals surface area contributed by atoms with Crippen LogP contribution in [0.25, 0.3) is 5.69 Å². The third kappa shape index (κ3) is 3.09. The summed E-state index contributed by atoms with van der Waals surface area (Å²) in [5.74, 6) is 1.80. The van der Waals surface area contributed by atoms with Crippen LogP contribution in [0.4, 0.5) is 5.95 Å². The maximum atomic E-state index is 4.59. The van der Waals surface area contributed by atoms with Crippen molar-refractivity contribution in [3.05, 3.63) is 42.2 Å². The smallest absolute Gasteiger partial charge is 0.228 e. The Kier molecular flexibility index (Phi) is 4.12. The second-order valence-electron chi connectivity index (χ2n) is 6.83. The first-order chi connectivity index (χ1) is 12.9. The van der Waals surface area contributed by atoms with Gasteiger partial charge < -0.3 is 4.90 Å². The fourth-order valence-corrected chi connectivity index (χ4v) is 4.22. The first-order valence-corrected chi connectivity index (χ1v) is 10.2. The van der Waals surface area contributed by atoms with Gasteiger partial charge in [-0.3, -0.25) is 4.57 Å². The van der Waals surface area contributed by atoms with Crippen molar-refractivity contribution in [3.63, 3.8) is 0 Å². The summed E-state index contributed by atoms with van der Waals surface area (Å²) in [5.41, 5.74) is 1.92. The molecule has 2 aliphatic rings. The number of aromatic nitrogens is 6. The molecule has 0 atom stereocenters. The molecule has 3 aromatic rings. The van der Waals surface area contributed by atoms with E-state index in [9.17, 15) is 0 Å². The molecule has 0 bridgehead atoms. The van der Waals surface area contributed by atoms with Gasteiger partial charge in [-0.05, 0) is 37.8 Å². The highest BCUT2D eigenvalue weighted by Crippen LogP contribution is 2.41. The van der Waals surface area contributed by atoms with Crippen LogP contribution in [0.1, 0.15) is 37.4 Å². The molecular formula is C18H21N7S. The van der Waals surface area contributed by atoms with Crippen molar-refractivity contribution in [3.8, 4) is 5.69 Å². The monoisotopic (exact) mass is 367 g/mol. The minimum Gasteiger partial charge on any atom is -0.341 e. The topological polar surface area (TPSA) is 64.7 Å². The lowest BCUT2D eigenvalue weighted by molar-refractivity contribution is 0.651. The van der Waals surface area contributed by atoms with Gasteiger partial charge in [0.05, 0.1) is 17.6 Å². The summed E-state index contributed by atoms with van der Waals surface area (Å²) in [6, 6.07) is 10.6. The molecule has 134 valence electrons. The molecule has 1 saturated carbocycles. The number of nitrogens with zero attached hydrogens (tertiary/aromatic N) is 7. The van der Waals surface area contributed by atoms with Crippen LogP contribution >= 0.6 is 11.8 Å². The van der Waals surface area contributed by atoms with Gasteiger partial charge in [0.15, 0.2) is 5.16 Å². The molecule has 5 rings (SSSR count). The van der Waals surface area contributed by atoms with Crippen LogP contribution < -0.4 is 4.90 Å². The second-order valence-corrected chi connectivity index (χ2v) is 7.77. The van der Waals surface area contributed by atoms with E-state index in [4.69, 9.17) is 0 Å². The summed E-state index contributed by atoms with van der Waals surface area (Å²) in [5, 5.41) is 19.0. The van der Waals surface area contributed by atoms with Crippen LogP contribution in [0.15, 0.2) is 41.7 Å². The Morgan fingerprint density at radius 1 is 1.04 bits per heavy atom. The molecule has 0 radical (unpaired) electrons. The zero-order chi connectivity index (χ0) is 17.3. The normalized spacial score (nSPS) is 17.2. The van der Waals surface area contributed by atoms with Crippen molar-refractivity contribution in [2.45, 2.75) is 42.6 Å². The molecule has 3 heterocycles. The Bertz CT molecular complexity index is 878. The standard InChI is InChI=1S/C18H21N7S/c1-2-6-16(7-3-1)25-19-12-14(22-25)13-26-18-21-20-17(23-10-4-5-11-23)24(18)15-8-9-15/h1-3,6-7,12,15H,4-5,8-11,13H2. The number of para-hydroxylation sites is 1. The van der Waals surface area contributed by atoms with Crippen molar-refractivity contribution in [1.82, 2.24) is 29.8 Å². The van der Waals surface area contributed by atoms with E-state index in [0.717, 1.165) is 41.3 Å². The van der Waals surface area contributed by atoms with Crippen molar-refractivity contribution < 1.29 is 0 Å². The minimum atomic E-state index is 0.572. The Labute approximate surface area is 156 Å². The van der Waals surface area contributed by atoms with Gasteiger partial charge in [-0.15, -0.1) is 10.2 Å². The number of rotatable bonds is 6. The van der Waals surface area contributed by atoms with Crippen LogP contribution in [0.2, 0.25) is 0 Å². The fraction of sp³-hybridized carbons (Fsp3) is 0.444. The van der Waals surface area contributed by atoms with E-state index in [1.54, 1.807) is 16.6 Å². The first-order valence-electron chi connectivity index (χ1n) is 9.18. The number of hydrogen-bond donors (Lipinski definition) is 0. The van der Waals surface area contributed by atoms with Gasteiger partial charge in [0, 0.05) is 24.9 Å². The highest BCUT2D eigenvalue weighted by atomic mass is 32.2. The average Bonchev–Trinajstić information content (AvgIpc) is 3.10. The van der Waals surface area contributed by atoms with Crippen molar-refractivity contribution >= 4 is 17.7 Å². The molecule has 1 aromatic carbocycles. The molecule has 0 unspecified atom stereocenters. The highest BCUT2D eigenvalue weighted by Gasteiger charge is 2.32. The minimum absolute atomic E-state index is 0.572. The maximum Gasteiger partial charge on any atom is 0.228 e. The molecule has 2 fully saturated rings. The van der Waals surface area contributed by atoms with Crippen LogP contribution in [0.5, 0.6) is 0 Å². The SMILES string of the molecule is c1ccc(-n2ncc(CSc3nnc(N4CCCC4)n3C3CC3)n2)cc1. The summed E-state index contributed by atoms with van der Waals surface area (Å²) in [4.78, 5) is 4.05. The van der Waals surface area contributed by atoms with Gasteiger partial charge >= 0.3 is 0 Å². The van der Waals surface area contributed by atoms with Crippen LogP contribution in [-0.2, 0) is 5.75 Å². The van der Waals surface area contributed by atoms with E-state index < -0.39 is 0 Å². The van der Waals surface area contributed by atoms with Crippen LogP contribution in [-0.4, -0.2) is 42.8 Å². The van der Waals surface area contributed by atoms with Crippen LogP contribution in [0.3, 0.4) is 0 Å². The van der Waals surface area contributed by atoms with Crippen molar-refractivity contribution in [2.24, 2.45) is 0 Å². The third-order valence-corrected chi connectivity index (χ3v) is 5.80. The molecule has 8 heteroatoms. The quantitative estimate of drug-likeness (QED) is 0.624. The highest BCUT2D eigenvalue weighted by molar-refractivity contribution is 7.98. The molecule has 26 heavy (non-hydrogen) atoms. The zero-order valence-electron chi connectivity index (χ0n) is 14.5. The molecule has 0 spiro atoms. The van der Waals surface area contributed by atoms with Gasteiger partial charge in [-0.25, -0.2) is 0 Å². The third-order valence-electron chi connectivity index (χ3n) is 4.82. The summed E-state index contributed by atoms with van der Waals surface area (Å²) < 4.78 is 2.34. The number of anilines is 1. The maximum absolute atomic E-state index is 4.59. The van der Waals surface area contributed by atoms with Gasteiger partial charge in [0.25, 0.3) is 0 Å². The molecular weight excluding hydrogens is 346 g/mol. The molecule has 1 aliphatic heterocycles. The number of benzene rings is 1. The average molecular weight is 367 g/mol. The van der Waals surface area contributed by atoms with E-state index in [-0.39, 0.29) is 0 Å². The molecule has 0 amide bonds. The summed E-state index contributed by atoms with van der Waals surface area (Å²) in [7, 11) is 0. The fourth-order valence-electron chi connectivity index (χ4n) is 3.34. The first kappa shape index (κ1) is 15.9. The Hall–Kier alpha value is -2.35. The zero-order valence-corrected chi connectivity index (χ0v) is 15.3. The van der Waals surface area contributed by atoms with Crippen LogP contribution in [0, 0.1) is 0 Å². The number of thioether (sulfide) groups is 1. The lowest BCUT2D eigenvalue weighted by atomic mass is 10.3.